The summed E-state index contributed by atoms with van der Waals surface area (Å²) >= 11 is 1.69. The maximum Gasteiger partial charge on any atom is 0.102 e. The van der Waals surface area contributed by atoms with Crippen LogP contribution in [0.15, 0.2) is 23.6 Å². The van der Waals surface area contributed by atoms with Crippen LogP contribution in [0, 0.1) is 18.3 Å². The number of hydrogen-bond donors (Lipinski definition) is 1. The van der Waals surface area contributed by atoms with Gasteiger partial charge in [0.25, 0.3) is 0 Å². The van der Waals surface area contributed by atoms with Crippen molar-refractivity contribution in [3.63, 3.8) is 0 Å². The molecular weight excluding hydrogens is 266 g/mol. The minimum atomic E-state index is 0.0874. The lowest BCUT2D eigenvalue weighted by Crippen LogP contribution is -2.11. The summed E-state index contributed by atoms with van der Waals surface area (Å²) < 4.78 is 0. The second kappa shape index (κ2) is 5.64. The lowest BCUT2D eigenvalue weighted by atomic mass is 9.98. The van der Waals surface area contributed by atoms with E-state index in [1.165, 1.54) is 0 Å². The quantitative estimate of drug-likeness (QED) is 0.918. The summed E-state index contributed by atoms with van der Waals surface area (Å²) in [4.78, 5) is 4.65. The van der Waals surface area contributed by atoms with E-state index in [2.05, 4.69) is 42.5 Å². The molecule has 0 unspecified atom stereocenters. The van der Waals surface area contributed by atoms with Crippen LogP contribution in [0.1, 0.15) is 42.6 Å². The van der Waals surface area contributed by atoms with E-state index in [1.807, 2.05) is 25.1 Å². The lowest BCUT2D eigenvalue weighted by Gasteiger charge is -2.13. The molecule has 4 heteroatoms. The average Bonchev–Trinajstić information content (AvgIpc) is 2.85. The van der Waals surface area contributed by atoms with E-state index < -0.39 is 0 Å². The number of thiazole rings is 1. The normalized spacial score (nSPS) is 11.2. The maximum absolute atomic E-state index is 9.20. The summed E-state index contributed by atoms with van der Waals surface area (Å²) in [6.07, 6.45) is 0. The molecule has 0 aliphatic rings. The minimum Gasteiger partial charge on any atom is -0.378 e. The van der Waals surface area contributed by atoms with E-state index >= 15 is 0 Å². The van der Waals surface area contributed by atoms with Crippen molar-refractivity contribution in [1.82, 2.24) is 4.98 Å². The van der Waals surface area contributed by atoms with Crippen molar-refractivity contribution >= 4 is 17.0 Å². The van der Waals surface area contributed by atoms with Crippen LogP contribution in [0.25, 0.3) is 0 Å². The highest BCUT2D eigenvalue weighted by molar-refractivity contribution is 7.09. The summed E-state index contributed by atoms with van der Waals surface area (Å²) in [5, 5.41) is 15.7. The number of nitriles is 1. The third-order valence-electron chi connectivity index (χ3n) is 3.04. The van der Waals surface area contributed by atoms with Gasteiger partial charge in [0.2, 0.25) is 0 Å². The molecule has 1 N–H and O–H groups in total. The largest absolute Gasteiger partial charge is 0.378 e. The SMILES string of the molecule is Cc1cccc(NCc2csc(C(C)(C)C)n2)c1C#N. The molecule has 1 aromatic heterocycles. The van der Waals surface area contributed by atoms with Crippen LogP contribution in [0.4, 0.5) is 5.69 Å². The van der Waals surface area contributed by atoms with Gasteiger partial charge in [-0.05, 0) is 18.6 Å². The predicted molar refractivity (Wildman–Crippen MR) is 84.0 cm³/mol. The molecule has 3 nitrogen and oxygen atoms in total. The summed E-state index contributed by atoms with van der Waals surface area (Å²) in [6, 6.07) is 8.09. The molecular formula is C16H19N3S. The highest BCUT2D eigenvalue weighted by Crippen LogP contribution is 2.26. The van der Waals surface area contributed by atoms with Gasteiger partial charge in [0.1, 0.15) is 6.07 Å². The summed E-state index contributed by atoms with van der Waals surface area (Å²) in [5.41, 5.74) is 3.68. The molecule has 20 heavy (non-hydrogen) atoms. The highest BCUT2D eigenvalue weighted by Gasteiger charge is 2.17. The van der Waals surface area contributed by atoms with Gasteiger partial charge in [0.15, 0.2) is 0 Å². The molecule has 0 fully saturated rings. The molecule has 2 rings (SSSR count). The molecule has 0 amide bonds. The molecule has 0 saturated carbocycles. The van der Waals surface area contributed by atoms with Crippen molar-refractivity contribution in [2.24, 2.45) is 0 Å². The highest BCUT2D eigenvalue weighted by atomic mass is 32.1. The zero-order valence-corrected chi connectivity index (χ0v) is 13.1. The average molecular weight is 285 g/mol. The van der Waals surface area contributed by atoms with Crippen molar-refractivity contribution in [1.29, 1.82) is 5.26 Å². The standard InChI is InChI=1S/C16H19N3S/c1-11-6-5-7-14(13(11)8-17)18-9-12-10-20-15(19-12)16(2,3)4/h5-7,10,18H,9H2,1-4H3. The third-order valence-corrected chi connectivity index (χ3v) is 4.35. The number of hydrogen-bond acceptors (Lipinski definition) is 4. The Labute approximate surface area is 124 Å². The van der Waals surface area contributed by atoms with E-state index in [0.29, 0.717) is 12.1 Å². The van der Waals surface area contributed by atoms with Crippen LogP contribution < -0.4 is 5.32 Å². The Morgan fingerprint density at radius 1 is 1.35 bits per heavy atom. The first-order valence-corrected chi connectivity index (χ1v) is 7.48. The molecule has 0 aliphatic heterocycles. The van der Waals surface area contributed by atoms with Gasteiger partial charge in [-0.25, -0.2) is 4.98 Å². The summed E-state index contributed by atoms with van der Waals surface area (Å²) in [5.74, 6) is 0. The first kappa shape index (κ1) is 14.5. The van der Waals surface area contributed by atoms with Gasteiger partial charge in [-0.3, -0.25) is 0 Å². The molecule has 0 aliphatic carbocycles. The molecule has 0 atom stereocenters. The van der Waals surface area contributed by atoms with E-state index in [-0.39, 0.29) is 5.41 Å². The number of aryl methyl sites for hydroxylation is 1. The fourth-order valence-corrected chi connectivity index (χ4v) is 2.79. The van der Waals surface area contributed by atoms with Crippen LogP contribution >= 0.6 is 11.3 Å². The number of benzene rings is 1. The second-order valence-corrected chi connectivity index (χ2v) is 6.71. The molecule has 104 valence electrons. The first-order valence-electron chi connectivity index (χ1n) is 6.60. The van der Waals surface area contributed by atoms with E-state index in [4.69, 9.17) is 0 Å². The van der Waals surface area contributed by atoms with Crippen molar-refractivity contribution < 1.29 is 0 Å². The third kappa shape index (κ3) is 3.17. The van der Waals surface area contributed by atoms with Gasteiger partial charge >= 0.3 is 0 Å². The molecule has 0 bridgehead atoms. The molecule has 0 saturated heterocycles. The predicted octanol–water partition coefficient (Wildman–Crippen LogP) is 4.23. The van der Waals surface area contributed by atoms with Crippen molar-refractivity contribution in [2.75, 3.05) is 5.32 Å². The summed E-state index contributed by atoms with van der Waals surface area (Å²) in [6.45, 7) is 9.08. The van der Waals surface area contributed by atoms with Crippen LogP contribution in [0.5, 0.6) is 0 Å². The Kier molecular flexibility index (Phi) is 4.10. The maximum atomic E-state index is 9.20. The number of nitrogens with one attached hydrogen (secondary N) is 1. The second-order valence-electron chi connectivity index (χ2n) is 5.86. The van der Waals surface area contributed by atoms with Gasteiger partial charge < -0.3 is 5.32 Å². The Balaban J connectivity index is 2.12. The smallest absolute Gasteiger partial charge is 0.102 e. The van der Waals surface area contributed by atoms with E-state index in [0.717, 1.165) is 22.0 Å². The Hall–Kier alpha value is -1.86. The Bertz CT molecular complexity index is 644. The van der Waals surface area contributed by atoms with Gasteiger partial charge in [-0.15, -0.1) is 11.3 Å². The molecule has 0 spiro atoms. The van der Waals surface area contributed by atoms with Crippen molar-refractivity contribution in [3.8, 4) is 6.07 Å². The number of anilines is 1. The zero-order valence-electron chi connectivity index (χ0n) is 12.3. The zero-order chi connectivity index (χ0) is 14.8. The van der Waals surface area contributed by atoms with Crippen LogP contribution in [0.3, 0.4) is 0 Å². The van der Waals surface area contributed by atoms with Crippen molar-refractivity contribution in [2.45, 2.75) is 39.7 Å². The van der Waals surface area contributed by atoms with Crippen LogP contribution in [-0.2, 0) is 12.0 Å². The molecule has 2 aromatic rings. The van der Waals surface area contributed by atoms with E-state index in [1.54, 1.807) is 11.3 Å². The fourth-order valence-electron chi connectivity index (χ4n) is 1.88. The van der Waals surface area contributed by atoms with E-state index in [9.17, 15) is 5.26 Å². The molecule has 0 radical (unpaired) electrons. The molecule has 1 aromatic carbocycles. The van der Waals surface area contributed by atoms with Gasteiger partial charge in [0, 0.05) is 10.8 Å². The van der Waals surface area contributed by atoms with Gasteiger partial charge in [-0.1, -0.05) is 32.9 Å². The monoisotopic (exact) mass is 285 g/mol. The van der Waals surface area contributed by atoms with Crippen LogP contribution in [0.2, 0.25) is 0 Å². The first-order chi connectivity index (χ1) is 9.41. The number of aromatic nitrogens is 1. The molecule has 1 heterocycles. The van der Waals surface area contributed by atoms with Crippen molar-refractivity contribution in [3.05, 3.63) is 45.4 Å². The van der Waals surface area contributed by atoms with Gasteiger partial charge in [0.05, 0.1) is 28.5 Å². The number of nitrogens with zero attached hydrogens (tertiary/aromatic N) is 2. The minimum absolute atomic E-state index is 0.0874. The van der Waals surface area contributed by atoms with Crippen LogP contribution in [-0.4, -0.2) is 4.98 Å². The summed E-state index contributed by atoms with van der Waals surface area (Å²) in [7, 11) is 0. The lowest BCUT2D eigenvalue weighted by molar-refractivity contribution is 0.583. The Morgan fingerprint density at radius 3 is 2.70 bits per heavy atom. The van der Waals surface area contributed by atoms with Gasteiger partial charge in [-0.2, -0.15) is 5.26 Å². The Morgan fingerprint density at radius 2 is 2.10 bits per heavy atom. The fraction of sp³-hybridized carbons (Fsp3) is 0.375. The number of rotatable bonds is 3. The topological polar surface area (TPSA) is 48.7 Å².